The first-order chi connectivity index (χ1) is 12.0. The van der Waals surface area contributed by atoms with Crippen molar-refractivity contribution in [2.75, 3.05) is 6.61 Å². The van der Waals surface area contributed by atoms with E-state index in [1.54, 1.807) is 0 Å². The second-order valence-corrected chi connectivity index (χ2v) is 7.42. The van der Waals surface area contributed by atoms with Crippen LogP contribution in [0.3, 0.4) is 0 Å². The Morgan fingerprint density at radius 2 is 1.88 bits per heavy atom. The molecular weight excluding hydrogens is 306 g/mol. The molecule has 2 nitrogen and oxygen atoms in total. The van der Waals surface area contributed by atoms with Gasteiger partial charge in [-0.2, -0.15) is 0 Å². The van der Waals surface area contributed by atoms with E-state index in [0.717, 1.165) is 25.2 Å². The maximum atomic E-state index is 5.93. The Morgan fingerprint density at radius 1 is 1.08 bits per heavy atom. The first-order valence-electron chi connectivity index (χ1n) is 9.30. The monoisotopic (exact) mass is 335 g/mol. The Bertz CT molecular complexity index is 760. The standard InChI is InChI=1S/C23H29NO/c1-16(2)13-14-25-23-12-9-19(15-18(23)4)21-10-11-22(24-21)20-8-6-5-7-17(20)3/h5-10,12,15-16,22,24H,11,13-14H2,1-4H3. The molecule has 132 valence electrons. The number of hydrogen-bond donors (Lipinski definition) is 1. The molecule has 2 aromatic rings. The quantitative estimate of drug-likeness (QED) is 0.720. The molecule has 1 atom stereocenters. The number of nitrogens with one attached hydrogen (secondary N) is 1. The Labute approximate surface area is 151 Å². The number of rotatable bonds is 6. The molecule has 25 heavy (non-hydrogen) atoms. The lowest BCUT2D eigenvalue weighted by molar-refractivity contribution is 0.288. The summed E-state index contributed by atoms with van der Waals surface area (Å²) in [5.74, 6) is 1.67. The lowest BCUT2D eigenvalue weighted by atomic mass is 10.0. The largest absolute Gasteiger partial charge is 0.493 e. The SMILES string of the molecule is Cc1cc(C2=CCC(c3ccccc3C)N2)ccc1OCCC(C)C. The van der Waals surface area contributed by atoms with E-state index in [2.05, 4.69) is 81.6 Å². The maximum absolute atomic E-state index is 5.93. The summed E-state index contributed by atoms with van der Waals surface area (Å²) in [6, 6.07) is 15.5. The zero-order valence-corrected chi connectivity index (χ0v) is 15.8. The molecule has 1 unspecified atom stereocenters. The van der Waals surface area contributed by atoms with Crippen LogP contribution in [0, 0.1) is 19.8 Å². The van der Waals surface area contributed by atoms with E-state index in [9.17, 15) is 0 Å². The van der Waals surface area contributed by atoms with Crippen LogP contribution >= 0.6 is 0 Å². The fraction of sp³-hybridized carbons (Fsp3) is 0.391. The van der Waals surface area contributed by atoms with Gasteiger partial charge in [0, 0.05) is 5.70 Å². The van der Waals surface area contributed by atoms with Crippen LogP contribution in [-0.2, 0) is 0 Å². The highest BCUT2D eigenvalue weighted by atomic mass is 16.5. The van der Waals surface area contributed by atoms with Gasteiger partial charge in [-0.25, -0.2) is 0 Å². The predicted octanol–water partition coefficient (Wildman–Crippen LogP) is 5.80. The zero-order valence-electron chi connectivity index (χ0n) is 15.8. The van der Waals surface area contributed by atoms with E-state index in [1.807, 2.05) is 0 Å². The van der Waals surface area contributed by atoms with E-state index < -0.39 is 0 Å². The highest BCUT2D eigenvalue weighted by molar-refractivity contribution is 5.68. The van der Waals surface area contributed by atoms with E-state index in [-0.39, 0.29) is 0 Å². The van der Waals surface area contributed by atoms with Gasteiger partial charge in [-0.1, -0.05) is 44.2 Å². The lowest BCUT2D eigenvalue weighted by Crippen LogP contribution is -2.15. The van der Waals surface area contributed by atoms with Gasteiger partial charge in [0.15, 0.2) is 0 Å². The minimum absolute atomic E-state index is 0.374. The van der Waals surface area contributed by atoms with Crippen molar-refractivity contribution in [3.63, 3.8) is 0 Å². The summed E-state index contributed by atoms with van der Waals surface area (Å²) in [5.41, 5.74) is 6.40. The molecule has 1 N–H and O–H groups in total. The zero-order chi connectivity index (χ0) is 17.8. The average Bonchev–Trinajstić information content (AvgIpc) is 3.06. The van der Waals surface area contributed by atoms with Crippen molar-refractivity contribution in [3.05, 3.63) is 70.8 Å². The lowest BCUT2D eigenvalue weighted by Gasteiger charge is -2.17. The first kappa shape index (κ1) is 17.6. The molecule has 1 heterocycles. The van der Waals surface area contributed by atoms with E-state index in [0.29, 0.717) is 12.0 Å². The molecule has 2 aromatic carbocycles. The molecule has 0 fully saturated rings. The van der Waals surface area contributed by atoms with Crippen LogP contribution in [0.1, 0.15) is 55.0 Å². The molecule has 0 spiro atoms. The van der Waals surface area contributed by atoms with Crippen molar-refractivity contribution in [1.82, 2.24) is 5.32 Å². The number of aryl methyl sites for hydroxylation is 2. The predicted molar refractivity (Wildman–Crippen MR) is 106 cm³/mol. The van der Waals surface area contributed by atoms with E-state index in [4.69, 9.17) is 4.74 Å². The normalized spacial score (nSPS) is 16.7. The summed E-state index contributed by atoms with van der Waals surface area (Å²) in [6.07, 6.45) is 4.43. The summed E-state index contributed by atoms with van der Waals surface area (Å²) < 4.78 is 5.93. The van der Waals surface area contributed by atoms with Gasteiger partial charge < -0.3 is 10.1 Å². The van der Waals surface area contributed by atoms with Crippen molar-refractivity contribution in [3.8, 4) is 5.75 Å². The average molecular weight is 335 g/mol. The summed E-state index contributed by atoms with van der Waals surface area (Å²) in [4.78, 5) is 0. The molecular formula is C23H29NO. The second-order valence-electron chi connectivity index (χ2n) is 7.42. The van der Waals surface area contributed by atoms with Crippen LogP contribution in [0.4, 0.5) is 0 Å². The molecule has 0 radical (unpaired) electrons. The van der Waals surface area contributed by atoms with Gasteiger partial charge in [0.25, 0.3) is 0 Å². The third-order valence-electron chi connectivity index (χ3n) is 4.89. The summed E-state index contributed by atoms with van der Waals surface area (Å²) >= 11 is 0. The fourth-order valence-corrected chi connectivity index (χ4v) is 3.31. The number of benzene rings is 2. The highest BCUT2D eigenvalue weighted by Gasteiger charge is 2.20. The third-order valence-corrected chi connectivity index (χ3v) is 4.89. The first-order valence-corrected chi connectivity index (χ1v) is 9.30. The molecule has 0 bridgehead atoms. The summed E-state index contributed by atoms with van der Waals surface area (Å²) in [6.45, 7) is 9.55. The van der Waals surface area contributed by atoms with Crippen molar-refractivity contribution in [2.24, 2.45) is 5.92 Å². The Balaban J connectivity index is 1.67. The molecule has 2 heteroatoms. The highest BCUT2D eigenvalue weighted by Crippen LogP contribution is 2.32. The molecule has 3 rings (SSSR count). The van der Waals surface area contributed by atoms with Crippen LogP contribution in [0.5, 0.6) is 5.75 Å². The van der Waals surface area contributed by atoms with Crippen molar-refractivity contribution >= 4 is 5.70 Å². The molecule has 0 saturated carbocycles. The topological polar surface area (TPSA) is 21.3 Å². The van der Waals surface area contributed by atoms with Crippen molar-refractivity contribution < 1.29 is 4.74 Å². The summed E-state index contributed by atoms with van der Waals surface area (Å²) in [5, 5.41) is 3.69. The van der Waals surface area contributed by atoms with Gasteiger partial charge in [-0.05, 0) is 73.1 Å². The fourth-order valence-electron chi connectivity index (χ4n) is 3.31. The van der Waals surface area contributed by atoms with Crippen LogP contribution in [-0.4, -0.2) is 6.61 Å². The molecule has 1 aliphatic rings. The smallest absolute Gasteiger partial charge is 0.122 e. The van der Waals surface area contributed by atoms with Gasteiger partial charge in [0.2, 0.25) is 0 Å². The Hall–Kier alpha value is -2.22. The van der Waals surface area contributed by atoms with Crippen LogP contribution < -0.4 is 10.1 Å². The van der Waals surface area contributed by atoms with Crippen LogP contribution in [0.15, 0.2) is 48.5 Å². The van der Waals surface area contributed by atoms with Gasteiger partial charge in [0.1, 0.15) is 5.75 Å². The minimum Gasteiger partial charge on any atom is -0.493 e. The van der Waals surface area contributed by atoms with Crippen molar-refractivity contribution in [2.45, 2.75) is 46.6 Å². The minimum atomic E-state index is 0.374. The number of ether oxygens (including phenoxy) is 1. The molecule has 0 saturated heterocycles. The van der Waals surface area contributed by atoms with Crippen LogP contribution in [0.2, 0.25) is 0 Å². The molecule has 0 aliphatic carbocycles. The van der Waals surface area contributed by atoms with Gasteiger partial charge >= 0.3 is 0 Å². The molecule has 0 aromatic heterocycles. The van der Waals surface area contributed by atoms with Gasteiger partial charge in [-0.3, -0.25) is 0 Å². The Kier molecular flexibility index (Phi) is 5.47. The van der Waals surface area contributed by atoms with Gasteiger partial charge in [-0.15, -0.1) is 0 Å². The summed E-state index contributed by atoms with van der Waals surface area (Å²) in [7, 11) is 0. The molecule has 1 aliphatic heterocycles. The van der Waals surface area contributed by atoms with Gasteiger partial charge in [0.05, 0.1) is 12.6 Å². The second kappa shape index (κ2) is 7.77. The maximum Gasteiger partial charge on any atom is 0.122 e. The molecule has 0 amide bonds. The third kappa shape index (κ3) is 4.25. The van der Waals surface area contributed by atoms with Crippen molar-refractivity contribution in [1.29, 1.82) is 0 Å². The van der Waals surface area contributed by atoms with Crippen LogP contribution in [0.25, 0.3) is 5.70 Å². The number of hydrogen-bond acceptors (Lipinski definition) is 2. The van der Waals surface area contributed by atoms with E-state index >= 15 is 0 Å². The Morgan fingerprint density at radius 3 is 2.60 bits per heavy atom. The van der Waals surface area contributed by atoms with E-state index in [1.165, 1.54) is 28.0 Å².